The van der Waals surface area contributed by atoms with Crippen LogP contribution in [0.1, 0.15) is 28.1 Å². The van der Waals surface area contributed by atoms with Crippen molar-refractivity contribution in [1.82, 2.24) is 4.90 Å². The van der Waals surface area contributed by atoms with E-state index < -0.39 is 12.6 Å². The number of hydrogen-bond acceptors (Lipinski definition) is 4. The Labute approximate surface area is 138 Å². The lowest BCUT2D eigenvalue weighted by Crippen LogP contribution is -2.32. The van der Waals surface area contributed by atoms with Gasteiger partial charge < -0.3 is 14.7 Å². The maximum Gasteiger partial charge on any atom is 0.341 e. The van der Waals surface area contributed by atoms with Crippen LogP contribution in [0.3, 0.4) is 0 Å². The molecule has 0 aliphatic heterocycles. The third-order valence-electron chi connectivity index (χ3n) is 3.60. The van der Waals surface area contributed by atoms with Crippen LogP contribution < -0.4 is 4.74 Å². The standard InChI is InChI=1S/C17H17NO4S/c19-16(20)11-22-14-4-1-3-12(9-14)17(21)18(13-6-7-13)10-15-5-2-8-23-15/h1-5,8-9,13H,6-7,10-11H2,(H,19,20). The molecule has 1 aromatic carbocycles. The van der Waals surface area contributed by atoms with Crippen LogP contribution in [0, 0.1) is 0 Å². The third kappa shape index (κ3) is 4.10. The highest BCUT2D eigenvalue weighted by Crippen LogP contribution is 2.31. The van der Waals surface area contributed by atoms with Crippen LogP contribution in [-0.4, -0.2) is 34.5 Å². The lowest BCUT2D eigenvalue weighted by molar-refractivity contribution is -0.139. The molecule has 1 aliphatic rings. The predicted molar refractivity (Wildman–Crippen MR) is 86.8 cm³/mol. The number of ether oxygens (including phenoxy) is 1. The molecule has 120 valence electrons. The van der Waals surface area contributed by atoms with E-state index >= 15 is 0 Å². The van der Waals surface area contributed by atoms with E-state index in [9.17, 15) is 9.59 Å². The summed E-state index contributed by atoms with van der Waals surface area (Å²) in [6.45, 7) is 0.195. The van der Waals surface area contributed by atoms with E-state index in [4.69, 9.17) is 9.84 Å². The van der Waals surface area contributed by atoms with Crippen LogP contribution in [0.25, 0.3) is 0 Å². The van der Waals surface area contributed by atoms with E-state index in [1.54, 1.807) is 35.6 Å². The van der Waals surface area contributed by atoms with Crippen molar-refractivity contribution in [3.05, 3.63) is 52.2 Å². The van der Waals surface area contributed by atoms with Gasteiger partial charge in [-0.2, -0.15) is 0 Å². The summed E-state index contributed by atoms with van der Waals surface area (Å²) in [6.07, 6.45) is 2.07. The molecule has 1 heterocycles. The first-order valence-corrected chi connectivity index (χ1v) is 8.29. The van der Waals surface area contributed by atoms with Gasteiger partial charge in [-0.25, -0.2) is 4.79 Å². The molecule has 6 heteroatoms. The molecule has 5 nitrogen and oxygen atoms in total. The molecular formula is C17H17NO4S. The minimum atomic E-state index is -1.04. The predicted octanol–water partition coefficient (Wildman–Crippen LogP) is 3.02. The first kappa shape index (κ1) is 15.6. The average Bonchev–Trinajstić information content (AvgIpc) is 3.26. The zero-order chi connectivity index (χ0) is 16.2. The van der Waals surface area contributed by atoms with Crippen LogP contribution in [0.2, 0.25) is 0 Å². The fourth-order valence-corrected chi connectivity index (χ4v) is 3.06. The quantitative estimate of drug-likeness (QED) is 0.847. The fraction of sp³-hybridized carbons (Fsp3) is 0.294. The maximum atomic E-state index is 12.8. The molecule has 1 aliphatic carbocycles. The van der Waals surface area contributed by atoms with Crippen molar-refractivity contribution < 1.29 is 19.4 Å². The highest BCUT2D eigenvalue weighted by molar-refractivity contribution is 7.09. The van der Waals surface area contributed by atoms with Gasteiger partial charge in [0, 0.05) is 16.5 Å². The summed E-state index contributed by atoms with van der Waals surface area (Å²) in [4.78, 5) is 26.4. The summed E-state index contributed by atoms with van der Waals surface area (Å²) >= 11 is 1.64. The normalized spacial score (nSPS) is 13.6. The van der Waals surface area contributed by atoms with Gasteiger partial charge in [-0.15, -0.1) is 11.3 Å². The molecule has 0 atom stereocenters. The highest BCUT2D eigenvalue weighted by atomic mass is 32.1. The lowest BCUT2D eigenvalue weighted by atomic mass is 10.2. The van der Waals surface area contributed by atoms with Gasteiger partial charge in [0.05, 0.1) is 6.54 Å². The van der Waals surface area contributed by atoms with Crippen LogP contribution >= 0.6 is 11.3 Å². The third-order valence-corrected chi connectivity index (χ3v) is 4.46. The van der Waals surface area contributed by atoms with Crippen LogP contribution in [-0.2, 0) is 11.3 Å². The first-order valence-electron chi connectivity index (χ1n) is 7.41. The summed E-state index contributed by atoms with van der Waals surface area (Å²) in [5.41, 5.74) is 0.524. The molecule has 1 amide bonds. The molecule has 1 saturated carbocycles. The van der Waals surface area contributed by atoms with Crippen molar-refractivity contribution in [3.63, 3.8) is 0 Å². The largest absolute Gasteiger partial charge is 0.482 e. The van der Waals surface area contributed by atoms with E-state index in [-0.39, 0.29) is 5.91 Å². The molecule has 3 rings (SSSR count). The Bertz CT molecular complexity index is 694. The highest BCUT2D eigenvalue weighted by Gasteiger charge is 2.33. The number of nitrogens with zero attached hydrogens (tertiary/aromatic N) is 1. The number of hydrogen-bond donors (Lipinski definition) is 1. The Morgan fingerprint density at radius 3 is 2.74 bits per heavy atom. The van der Waals surface area contributed by atoms with E-state index in [2.05, 4.69) is 0 Å². The van der Waals surface area contributed by atoms with Gasteiger partial charge in [0.2, 0.25) is 0 Å². The zero-order valence-corrected chi connectivity index (χ0v) is 13.3. The van der Waals surface area contributed by atoms with Crippen molar-refractivity contribution in [2.75, 3.05) is 6.61 Å². The molecule has 2 aromatic rings. The Balaban J connectivity index is 1.74. The molecule has 0 unspecified atom stereocenters. The Kier molecular flexibility index (Phi) is 4.62. The molecular weight excluding hydrogens is 314 g/mol. The van der Waals surface area contributed by atoms with Crippen molar-refractivity contribution in [1.29, 1.82) is 0 Å². The minimum absolute atomic E-state index is 0.0401. The fourth-order valence-electron chi connectivity index (χ4n) is 2.35. The lowest BCUT2D eigenvalue weighted by Gasteiger charge is -2.22. The first-order chi connectivity index (χ1) is 11.1. The number of carboxylic acids is 1. The topological polar surface area (TPSA) is 66.8 Å². The van der Waals surface area contributed by atoms with Crippen molar-refractivity contribution >= 4 is 23.2 Å². The Hall–Kier alpha value is -2.34. The molecule has 0 bridgehead atoms. The molecule has 0 radical (unpaired) electrons. The number of aliphatic carboxylic acids is 1. The van der Waals surface area contributed by atoms with E-state index in [1.165, 1.54) is 0 Å². The second-order valence-electron chi connectivity index (χ2n) is 5.45. The Morgan fingerprint density at radius 2 is 2.09 bits per heavy atom. The number of thiophene rings is 1. The van der Waals surface area contributed by atoms with Gasteiger partial charge >= 0.3 is 5.97 Å². The smallest absolute Gasteiger partial charge is 0.341 e. The van der Waals surface area contributed by atoms with Gasteiger partial charge in [-0.05, 0) is 42.5 Å². The van der Waals surface area contributed by atoms with Crippen molar-refractivity contribution in [2.45, 2.75) is 25.4 Å². The van der Waals surface area contributed by atoms with Gasteiger partial charge in [0.1, 0.15) is 5.75 Å². The van der Waals surface area contributed by atoms with E-state index in [0.717, 1.165) is 17.7 Å². The van der Waals surface area contributed by atoms with Gasteiger partial charge in [-0.1, -0.05) is 12.1 Å². The summed E-state index contributed by atoms with van der Waals surface area (Å²) in [5.74, 6) is -0.689. The Morgan fingerprint density at radius 1 is 1.26 bits per heavy atom. The number of carbonyl (C=O) groups excluding carboxylic acids is 1. The van der Waals surface area contributed by atoms with Crippen LogP contribution in [0.15, 0.2) is 41.8 Å². The SMILES string of the molecule is O=C(O)COc1cccc(C(=O)N(Cc2cccs2)C2CC2)c1. The summed E-state index contributed by atoms with van der Waals surface area (Å²) < 4.78 is 5.15. The molecule has 0 saturated heterocycles. The van der Waals surface area contributed by atoms with Gasteiger partial charge in [0.15, 0.2) is 6.61 Å². The minimum Gasteiger partial charge on any atom is -0.482 e. The van der Waals surface area contributed by atoms with Crippen LogP contribution in [0.4, 0.5) is 0 Å². The number of rotatable bonds is 7. The summed E-state index contributed by atoms with van der Waals surface area (Å²) in [7, 11) is 0. The van der Waals surface area contributed by atoms with Crippen molar-refractivity contribution in [3.8, 4) is 5.75 Å². The number of benzene rings is 1. The summed E-state index contributed by atoms with van der Waals surface area (Å²) in [5, 5.41) is 10.7. The van der Waals surface area contributed by atoms with Crippen LogP contribution in [0.5, 0.6) is 5.75 Å². The monoisotopic (exact) mass is 331 g/mol. The molecule has 0 spiro atoms. The van der Waals surface area contributed by atoms with E-state index in [0.29, 0.717) is 23.9 Å². The molecule has 23 heavy (non-hydrogen) atoms. The molecule has 1 aromatic heterocycles. The van der Waals surface area contributed by atoms with Gasteiger partial charge in [0.25, 0.3) is 5.91 Å². The average molecular weight is 331 g/mol. The number of carboxylic acid groups (broad SMARTS) is 1. The van der Waals surface area contributed by atoms with Gasteiger partial charge in [-0.3, -0.25) is 4.79 Å². The number of carbonyl (C=O) groups is 2. The summed E-state index contributed by atoms with van der Waals surface area (Å²) in [6, 6.07) is 11.0. The second-order valence-corrected chi connectivity index (χ2v) is 6.49. The van der Waals surface area contributed by atoms with Crippen molar-refractivity contribution in [2.24, 2.45) is 0 Å². The second kappa shape index (κ2) is 6.83. The maximum absolute atomic E-state index is 12.8. The number of amides is 1. The zero-order valence-electron chi connectivity index (χ0n) is 12.5. The molecule has 1 N–H and O–H groups in total. The molecule has 1 fully saturated rings. The van der Waals surface area contributed by atoms with E-state index in [1.807, 2.05) is 22.4 Å².